The Morgan fingerprint density at radius 2 is 2.50 bits per heavy atom. The average molecular weight is 211 g/mol. The molecular weight excluding hydrogens is 194 g/mol. The van der Waals surface area contributed by atoms with Gasteiger partial charge >= 0.3 is 0 Å². The fourth-order valence-electron chi connectivity index (χ4n) is 1.63. The van der Waals surface area contributed by atoms with E-state index in [1.165, 1.54) is 18.6 Å². The third-order valence-electron chi connectivity index (χ3n) is 2.68. The second kappa shape index (κ2) is 4.89. The van der Waals surface area contributed by atoms with Gasteiger partial charge in [0.1, 0.15) is 5.76 Å². The lowest BCUT2D eigenvalue weighted by molar-refractivity contribution is 0.528. The monoisotopic (exact) mass is 211 g/mol. The summed E-state index contributed by atoms with van der Waals surface area (Å²) in [5.74, 6) is 4.21. The van der Waals surface area contributed by atoms with Gasteiger partial charge in [0.15, 0.2) is 0 Å². The molecule has 0 saturated heterocycles. The van der Waals surface area contributed by atoms with E-state index in [1.807, 2.05) is 23.9 Å². The second-order valence-corrected chi connectivity index (χ2v) is 4.86. The smallest absolute Gasteiger partial charge is 0.113 e. The summed E-state index contributed by atoms with van der Waals surface area (Å²) in [6.45, 7) is 0. The molecule has 78 valence electrons. The topological polar surface area (TPSA) is 25.2 Å². The summed E-state index contributed by atoms with van der Waals surface area (Å²) in [5, 5.41) is 3.39. The fourth-order valence-corrected chi connectivity index (χ4v) is 2.81. The third-order valence-corrected chi connectivity index (χ3v) is 3.77. The highest BCUT2D eigenvalue weighted by Crippen LogP contribution is 2.34. The lowest BCUT2D eigenvalue weighted by atomic mass is 10.2. The van der Waals surface area contributed by atoms with E-state index in [0.29, 0.717) is 6.04 Å². The van der Waals surface area contributed by atoms with Crippen molar-refractivity contribution in [1.29, 1.82) is 0 Å². The van der Waals surface area contributed by atoms with Crippen LogP contribution in [0.1, 0.15) is 18.6 Å². The van der Waals surface area contributed by atoms with Gasteiger partial charge in [-0.2, -0.15) is 11.8 Å². The molecule has 1 unspecified atom stereocenters. The molecule has 1 heterocycles. The first kappa shape index (κ1) is 10.1. The van der Waals surface area contributed by atoms with Crippen molar-refractivity contribution >= 4 is 11.8 Å². The van der Waals surface area contributed by atoms with Crippen LogP contribution >= 0.6 is 11.8 Å². The predicted octanol–water partition coefficient (Wildman–Crippen LogP) is 2.51. The van der Waals surface area contributed by atoms with Crippen LogP contribution in [0.3, 0.4) is 0 Å². The molecule has 1 fully saturated rings. The number of hydrogen-bond donors (Lipinski definition) is 1. The van der Waals surface area contributed by atoms with Crippen LogP contribution in [0.5, 0.6) is 0 Å². The molecule has 2 rings (SSSR count). The van der Waals surface area contributed by atoms with Crippen LogP contribution in [-0.2, 0) is 5.75 Å². The molecule has 1 N–H and O–H groups in total. The first-order valence-corrected chi connectivity index (χ1v) is 6.33. The molecule has 1 aromatic heterocycles. The highest BCUT2D eigenvalue weighted by atomic mass is 32.2. The van der Waals surface area contributed by atoms with Crippen molar-refractivity contribution in [3.63, 3.8) is 0 Å². The molecule has 0 bridgehead atoms. The maximum absolute atomic E-state index is 5.28. The quantitative estimate of drug-likeness (QED) is 0.782. The Balaban J connectivity index is 1.66. The van der Waals surface area contributed by atoms with Crippen LogP contribution < -0.4 is 5.32 Å². The minimum Gasteiger partial charge on any atom is -0.468 e. The van der Waals surface area contributed by atoms with E-state index in [9.17, 15) is 0 Å². The average Bonchev–Trinajstić information content (AvgIpc) is 2.91. The summed E-state index contributed by atoms with van der Waals surface area (Å²) in [7, 11) is 2.07. The summed E-state index contributed by atoms with van der Waals surface area (Å²) < 4.78 is 5.28. The van der Waals surface area contributed by atoms with Gasteiger partial charge in [0.05, 0.1) is 12.0 Å². The van der Waals surface area contributed by atoms with E-state index in [-0.39, 0.29) is 0 Å². The third kappa shape index (κ3) is 2.79. The Morgan fingerprint density at radius 3 is 3.07 bits per heavy atom. The Labute approximate surface area is 89.4 Å². The zero-order valence-corrected chi connectivity index (χ0v) is 9.35. The van der Waals surface area contributed by atoms with Gasteiger partial charge in [-0.3, -0.25) is 0 Å². The summed E-state index contributed by atoms with van der Waals surface area (Å²) in [6, 6.07) is 4.69. The number of thioether (sulfide) groups is 1. The fraction of sp³-hybridized carbons (Fsp3) is 0.636. The van der Waals surface area contributed by atoms with Gasteiger partial charge in [-0.1, -0.05) is 0 Å². The van der Waals surface area contributed by atoms with Crippen molar-refractivity contribution in [2.24, 2.45) is 5.92 Å². The Kier molecular flexibility index (Phi) is 3.54. The molecule has 14 heavy (non-hydrogen) atoms. The lowest BCUT2D eigenvalue weighted by Gasteiger charge is -2.13. The normalized spacial score (nSPS) is 18.4. The zero-order chi connectivity index (χ0) is 9.80. The lowest BCUT2D eigenvalue weighted by Crippen LogP contribution is -2.29. The van der Waals surface area contributed by atoms with Gasteiger partial charge in [-0.25, -0.2) is 0 Å². The number of hydrogen-bond acceptors (Lipinski definition) is 3. The first-order chi connectivity index (χ1) is 6.90. The molecule has 0 spiro atoms. The van der Waals surface area contributed by atoms with Crippen LogP contribution in [-0.4, -0.2) is 18.8 Å². The van der Waals surface area contributed by atoms with Crippen molar-refractivity contribution in [1.82, 2.24) is 5.32 Å². The standard InChI is InChI=1S/C11H17NOS/c1-12-11(9-4-5-9)8-14-7-10-3-2-6-13-10/h2-3,6,9,11-12H,4-5,7-8H2,1H3. The molecule has 3 heteroatoms. The maximum atomic E-state index is 5.28. The molecule has 0 aliphatic heterocycles. The van der Waals surface area contributed by atoms with Crippen LogP contribution in [0.15, 0.2) is 22.8 Å². The highest BCUT2D eigenvalue weighted by molar-refractivity contribution is 7.98. The molecule has 1 saturated carbocycles. The molecule has 0 aromatic carbocycles. The molecule has 1 aliphatic rings. The zero-order valence-electron chi connectivity index (χ0n) is 8.53. The van der Waals surface area contributed by atoms with E-state index < -0.39 is 0 Å². The molecule has 1 atom stereocenters. The van der Waals surface area contributed by atoms with Gasteiger partial charge in [0.25, 0.3) is 0 Å². The van der Waals surface area contributed by atoms with E-state index >= 15 is 0 Å². The molecule has 2 nitrogen and oxygen atoms in total. The summed E-state index contributed by atoms with van der Waals surface area (Å²) in [6.07, 6.45) is 4.56. The van der Waals surface area contributed by atoms with Crippen molar-refractivity contribution in [3.05, 3.63) is 24.2 Å². The van der Waals surface area contributed by atoms with E-state index in [2.05, 4.69) is 12.4 Å². The number of furan rings is 1. The molecule has 0 radical (unpaired) electrons. The van der Waals surface area contributed by atoms with Crippen molar-refractivity contribution in [3.8, 4) is 0 Å². The molecule has 0 amide bonds. The van der Waals surface area contributed by atoms with Gasteiger partial charge in [0, 0.05) is 11.8 Å². The SMILES string of the molecule is CNC(CSCc1ccco1)C1CC1. The van der Waals surface area contributed by atoms with Crippen molar-refractivity contribution in [2.75, 3.05) is 12.8 Å². The van der Waals surface area contributed by atoms with Crippen LogP contribution in [0, 0.1) is 5.92 Å². The van der Waals surface area contributed by atoms with E-state index in [1.54, 1.807) is 6.26 Å². The maximum Gasteiger partial charge on any atom is 0.113 e. The Bertz CT molecular complexity index is 256. The molecule has 1 aromatic rings. The van der Waals surface area contributed by atoms with Gasteiger partial charge in [-0.05, 0) is 37.9 Å². The van der Waals surface area contributed by atoms with Gasteiger partial charge < -0.3 is 9.73 Å². The Morgan fingerprint density at radius 1 is 1.64 bits per heavy atom. The predicted molar refractivity (Wildman–Crippen MR) is 60.4 cm³/mol. The summed E-state index contributed by atoms with van der Waals surface area (Å²) in [5.41, 5.74) is 0. The second-order valence-electron chi connectivity index (χ2n) is 3.83. The van der Waals surface area contributed by atoms with Crippen molar-refractivity contribution < 1.29 is 4.42 Å². The minimum atomic E-state index is 0.704. The largest absolute Gasteiger partial charge is 0.468 e. The number of rotatable bonds is 6. The molecular formula is C11H17NOS. The van der Waals surface area contributed by atoms with Gasteiger partial charge in [0.2, 0.25) is 0 Å². The molecule has 1 aliphatic carbocycles. The summed E-state index contributed by atoms with van der Waals surface area (Å²) >= 11 is 1.96. The minimum absolute atomic E-state index is 0.704. The summed E-state index contributed by atoms with van der Waals surface area (Å²) in [4.78, 5) is 0. The van der Waals surface area contributed by atoms with Crippen LogP contribution in [0.25, 0.3) is 0 Å². The highest BCUT2D eigenvalue weighted by Gasteiger charge is 2.29. The van der Waals surface area contributed by atoms with Crippen LogP contribution in [0.4, 0.5) is 0 Å². The van der Waals surface area contributed by atoms with E-state index in [4.69, 9.17) is 4.42 Å². The Hall–Kier alpha value is -0.410. The van der Waals surface area contributed by atoms with Crippen molar-refractivity contribution in [2.45, 2.75) is 24.6 Å². The van der Waals surface area contributed by atoms with Crippen LogP contribution in [0.2, 0.25) is 0 Å². The number of nitrogens with one attached hydrogen (secondary N) is 1. The van der Waals surface area contributed by atoms with Gasteiger partial charge in [-0.15, -0.1) is 0 Å². The van der Waals surface area contributed by atoms with E-state index in [0.717, 1.165) is 17.4 Å². The first-order valence-electron chi connectivity index (χ1n) is 5.17.